The van der Waals surface area contributed by atoms with Crippen LogP contribution in [0.5, 0.6) is 0 Å². The van der Waals surface area contributed by atoms with E-state index in [1.54, 1.807) is 18.3 Å². The van der Waals surface area contributed by atoms with Crippen LogP contribution in [-0.4, -0.2) is 16.1 Å². The maximum atomic E-state index is 10.8. The Hall–Kier alpha value is -2.42. The van der Waals surface area contributed by atoms with Crippen LogP contribution in [0.2, 0.25) is 0 Å². The molecule has 1 N–H and O–H groups in total. The summed E-state index contributed by atoms with van der Waals surface area (Å²) in [5, 5.41) is 8.86. The number of pyridine rings is 1. The first-order valence-electron chi connectivity index (χ1n) is 5.72. The monoisotopic (exact) mass is 237 g/mol. The molecule has 0 amide bonds. The highest BCUT2D eigenvalue weighted by Gasteiger charge is 2.14. The van der Waals surface area contributed by atoms with Crippen LogP contribution in [-0.2, 0) is 6.42 Å². The van der Waals surface area contributed by atoms with Gasteiger partial charge in [0.15, 0.2) is 0 Å². The van der Waals surface area contributed by atoms with Gasteiger partial charge in [0, 0.05) is 12.6 Å². The van der Waals surface area contributed by atoms with Crippen LogP contribution in [0.4, 0.5) is 0 Å². The van der Waals surface area contributed by atoms with Gasteiger partial charge in [0.1, 0.15) is 0 Å². The van der Waals surface area contributed by atoms with Gasteiger partial charge in [-0.25, -0.2) is 4.79 Å². The van der Waals surface area contributed by atoms with Gasteiger partial charge >= 0.3 is 5.97 Å². The molecule has 0 atom stereocenters. The smallest absolute Gasteiger partial charge is 0.335 e. The summed E-state index contributed by atoms with van der Waals surface area (Å²) in [7, 11) is 0. The number of carbonyl (C=O) groups is 1. The summed E-state index contributed by atoms with van der Waals surface area (Å²) in [6.45, 7) is 0. The summed E-state index contributed by atoms with van der Waals surface area (Å²) in [4.78, 5) is 15.1. The number of carboxylic acid groups (broad SMARTS) is 1. The van der Waals surface area contributed by atoms with Gasteiger partial charge < -0.3 is 5.11 Å². The number of nitrogens with zero attached hydrogens (tertiary/aromatic N) is 1. The average molecular weight is 237 g/mol. The van der Waals surface area contributed by atoms with Crippen LogP contribution < -0.4 is 0 Å². The molecule has 3 rings (SSSR count). The summed E-state index contributed by atoms with van der Waals surface area (Å²) in [6.07, 6.45) is 4.70. The molecular formula is C15H11NO2. The van der Waals surface area contributed by atoms with Crippen molar-refractivity contribution in [2.45, 2.75) is 6.42 Å². The van der Waals surface area contributed by atoms with Gasteiger partial charge in [0.25, 0.3) is 0 Å². The van der Waals surface area contributed by atoms with Crippen LogP contribution >= 0.6 is 0 Å². The van der Waals surface area contributed by atoms with E-state index in [1.807, 2.05) is 18.2 Å². The van der Waals surface area contributed by atoms with E-state index in [2.05, 4.69) is 17.1 Å². The zero-order valence-electron chi connectivity index (χ0n) is 9.63. The van der Waals surface area contributed by atoms with Crippen molar-refractivity contribution in [3.63, 3.8) is 0 Å². The van der Waals surface area contributed by atoms with E-state index < -0.39 is 5.97 Å². The van der Waals surface area contributed by atoms with E-state index in [9.17, 15) is 4.79 Å². The van der Waals surface area contributed by atoms with Crippen molar-refractivity contribution in [1.29, 1.82) is 0 Å². The molecule has 0 unspecified atom stereocenters. The highest BCUT2D eigenvalue weighted by atomic mass is 16.4. The van der Waals surface area contributed by atoms with Crippen LogP contribution in [0.25, 0.3) is 11.6 Å². The Morgan fingerprint density at radius 3 is 2.61 bits per heavy atom. The third-order valence-corrected chi connectivity index (χ3v) is 3.12. The molecule has 18 heavy (non-hydrogen) atoms. The zero-order chi connectivity index (χ0) is 12.5. The largest absolute Gasteiger partial charge is 0.478 e. The minimum absolute atomic E-state index is 0.313. The summed E-state index contributed by atoms with van der Waals surface area (Å²) >= 11 is 0. The minimum atomic E-state index is -0.896. The van der Waals surface area contributed by atoms with Gasteiger partial charge in [-0.2, -0.15) is 0 Å². The predicted molar refractivity (Wildman–Crippen MR) is 69.2 cm³/mol. The predicted octanol–water partition coefficient (Wildman–Crippen LogP) is 2.88. The van der Waals surface area contributed by atoms with Crippen molar-refractivity contribution in [2.24, 2.45) is 0 Å². The lowest BCUT2D eigenvalue weighted by Crippen LogP contribution is -1.95. The van der Waals surface area contributed by atoms with E-state index in [0.717, 1.165) is 17.7 Å². The Bertz CT molecular complexity index is 642. The summed E-state index contributed by atoms with van der Waals surface area (Å²) < 4.78 is 0. The third kappa shape index (κ3) is 1.80. The number of fused-ring (bicyclic) bond motifs is 1. The number of aromatic nitrogens is 1. The molecule has 3 nitrogen and oxygen atoms in total. The number of rotatable bonds is 2. The molecule has 0 saturated heterocycles. The van der Waals surface area contributed by atoms with Crippen LogP contribution in [0, 0.1) is 0 Å². The van der Waals surface area contributed by atoms with Crippen LogP contribution in [0.1, 0.15) is 27.2 Å². The molecule has 1 aromatic carbocycles. The second-order valence-electron chi connectivity index (χ2n) is 4.28. The van der Waals surface area contributed by atoms with Crippen molar-refractivity contribution >= 4 is 17.6 Å². The maximum Gasteiger partial charge on any atom is 0.335 e. The highest BCUT2D eigenvalue weighted by molar-refractivity contribution is 5.90. The molecule has 0 spiro atoms. The minimum Gasteiger partial charge on any atom is -0.478 e. The molecule has 0 fully saturated rings. The Kier molecular flexibility index (Phi) is 2.45. The molecule has 0 aliphatic heterocycles. The summed E-state index contributed by atoms with van der Waals surface area (Å²) in [5.41, 5.74) is 4.77. The number of benzene rings is 1. The Morgan fingerprint density at radius 2 is 1.94 bits per heavy atom. The van der Waals surface area contributed by atoms with E-state index in [4.69, 9.17) is 5.11 Å². The van der Waals surface area contributed by atoms with Crippen molar-refractivity contribution < 1.29 is 9.90 Å². The fourth-order valence-electron chi connectivity index (χ4n) is 2.16. The van der Waals surface area contributed by atoms with Gasteiger partial charge in [-0.05, 0) is 41.0 Å². The molecule has 2 aromatic rings. The molecule has 0 saturated carbocycles. The molecule has 0 bridgehead atoms. The van der Waals surface area contributed by atoms with Crippen molar-refractivity contribution in [3.8, 4) is 0 Å². The highest BCUT2D eigenvalue weighted by Crippen LogP contribution is 2.30. The number of allylic oxidation sites excluding steroid dienone is 1. The first-order chi connectivity index (χ1) is 8.74. The van der Waals surface area contributed by atoms with Crippen molar-refractivity contribution in [2.75, 3.05) is 0 Å². The normalized spacial score (nSPS) is 13.0. The maximum absolute atomic E-state index is 10.8. The quantitative estimate of drug-likeness (QED) is 0.873. The average Bonchev–Trinajstić information content (AvgIpc) is 2.82. The first-order valence-corrected chi connectivity index (χ1v) is 5.72. The second-order valence-corrected chi connectivity index (χ2v) is 4.28. The summed E-state index contributed by atoms with van der Waals surface area (Å²) in [5.74, 6) is -0.896. The molecule has 1 aliphatic carbocycles. The fourth-order valence-corrected chi connectivity index (χ4v) is 2.16. The Balaban J connectivity index is 1.92. The molecule has 1 aromatic heterocycles. The molecule has 1 aliphatic rings. The SMILES string of the molecule is O=C(O)c1ccc(C2=Cc3ncccc3C2)cc1. The fraction of sp³-hybridized carbons (Fsp3) is 0.0667. The first kappa shape index (κ1) is 10.7. The molecular weight excluding hydrogens is 226 g/mol. The molecule has 1 heterocycles. The van der Waals surface area contributed by atoms with Crippen molar-refractivity contribution in [3.05, 3.63) is 65.0 Å². The zero-order valence-corrected chi connectivity index (χ0v) is 9.63. The van der Waals surface area contributed by atoms with E-state index in [-0.39, 0.29) is 0 Å². The number of carboxylic acids is 1. The second kappa shape index (κ2) is 4.11. The van der Waals surface area contributed by atoms with Gasteiger partial charge in [0.05, 0.1) is 11.3 Å². The number of hydrogen-bond donors (Lipinski definition) is 1. The van der Waals surface area contributed by atoms with Crippen LogP contribution in [0.15, 0.2) is 42.6 Å². The number of hydrogen-bond acceptors (Lipinski definition) is 2. The number of aromatic carboxylic acids is 1. The third-order valence-electron chi connectivity index (χ3n) is 3.12. The van der Waals surface area contributed by atoms with Crippen molar-refractivity contribution in [1.82, 2.24) is 4.98 Å². The van der Waals surface area contributed by atoms with E-state index in [0.29, 0.717) is 5.56 Å². The van der Waals surface area contributed by atoms with E-state index in [1.165, 1.54) is 11.1 Å². The lowest BCUT2D eigenvalue weighted by atomic mass is 10.0. The lowest BCUT2D eigenvalue weighted by molar-refractivity contribution is 0.0697. The van der Waals surface area contributed by atoms with E-state index >= 15 is 0 Å². The van der Waals surface area contributed by atoms with Gasteiger partial charge in [-0.1, -0.05) is 18.2 Å². The molecule has 3 heteroatoms. The van der Waals surface area contributed by atoms with Gasteiger partial charge in [0.2, 0.25) is 0 Å². The standard InChI is InChI=1S/C15H11NO2/c17-15(18)11-5-3-10(4-6-11)13-8-12-2-1-7-16-14(12)9-13/h1-7,9H,8H2,(H,17,18). The molecule has 0 radical (unpaired) electrons. The van der Waals surface area contributed by atoms with Crippen LogP contribution in [0.3, 0.4) is 0 Å². The lowest BCUT2D eigenvalue weighted by Gasteiger charge is -2.02. The summed E-state index contributed by atoms with van der Waals surface area (Å²) in [6, 6.07) is 11.0. The Labute approximate surface area is 104 Å². The Morgan fingerprint density at radius 1 is 1.17 bits per heavy atom. The molecule has 88 valence electrons. The van der Waals surface area contributed by atoms with Gasteiger partial charge in [-0.15, -0.1) is 0 Å². The van der Waals surface area contributed by atoms with Gasteiger partial charge in [-0.3, -0.25) is 4.98 Å². The topological polar surface area (TPSA) is 50.2 Å².